The number of rotatable bonds is 5. The average Bonchev–Trinajstić information content (AvgIpc) is 2.02. The van der Waals surface area contributed by atoms with Crippen LogP contribution in [0.3, 0.4) is 0 Å². The molecule has 0 spiro atoms. The van der Waals surface area contributed by atoms with Crippen LogP contribution in [0.15, 0.2) is 0 Å². The molecule has 0 aromatic heterocycles. The molecule has 0 aliphatic heterocycles. The van der Waals surface area contributed by atoms with E-state index in [4.69, 9.17) is 5.11 Å². The number of nitrogens with one attached hydrogen (secondary N) is 2. The molecule has 0 saturated carbocycles. The SMILES string of the molecule is CC(NC(=O)NCCS(C)=O)C(=O)O. The Labute approximate surface area is 84.5 Å². The van der Waals surface area contributed by atoms with Gasteiger partial charge in [0.25, 0.3) is 0 Å². The van der Waals surface area contributed by atoms with Crippen LogP contribution in [0.25, 0.3) is 0 Å². The van der Waals surface area contributed by atoms with Crippen LogP contribution in [0.5, 0.6) is 0 Å². The molecule has 14 heavy (non-hydrogen) atoms. The number of carbonyl (C=O) groups excluding carboxylic acids is 1. The normalized spacial score (nSPS) is 14.1. The lowest BCUT2D eigenvalue weighted by molar-refractivity contribution is -0.138. The van der Waals surface area contributed by atoms with Crippen molar-refractivity contribution in [1.29, 1.82) is 0 Å². The number of carbonyl (C=O) groups is 2. The maximum absolute atomic E-state index is 11.0. The van der Waals surface area contributed by atoms with Gasteiger partial charge in [-0.25, -0.2) is 4.79 Å². The fourth-order valence-electron chi connectivity index (χ4n) is 0.618. The molecule has 0 aromatic carbocycles. The first-order chi connectivity index (χ1) is 6.43. The van der Waals surface area contributed by atoms with Gasteiger partial charge in [-0.3, -0.25) is 9.00 Å². The number of hydrogen-bond donors (Lipinski definition) is 3. The van der Waals surface area contributed by atoms with Crippen molar-refractivity contribution in [3.05, 3.63) is 0 Å². The maximum Gasteiger partial charge on any atom is 0.325 e. The van der Waals surface area contributed by atoms with Crippen molar-refractivity contribution >= 4 is 22.8 Å². The molecule has 0 rings (SSSR count). The van der Waals surface area contributed by atoms with Crippen LogP contribution in [0.2, 0.25) is 0 Å². The topological polar surface area (TPSA) is 95.5 Å². The zero-order valence-corrected chi connectivity index (χ0v) is 8.89. The van der Waals surface area contributed by atoms with E-state index >= 15 is 0 Å². The highest BCUT2D eigenvalue weighted by molar-refractivity contribution is 7.84. The molecule has 0 fully saturated rings. The molecule has 82 valence electrons. The van der Waals surface area contributed by atoms with E-state index in [1.54, 1.807) is 0 Å². The van der Waals surface area contributed by atoms with Crippen molar-refractivity contribution in [2.24, 2.45) is 0 Å². The average molecular weight is 222 g/mol. The quantitative estimate of drug-likeness (QED) is 0.564. The smallest absolute Gasteiger partial charge is 0.325 e. The van der Waals surface area contributed by atoms with Crippen molar-refractivity contribution in [3.63, 3.8) is 0 Å². The summed E-state index contributed by atoms with van der Waals surface area (Å²) in [5.41, 5.74) is 0. The highest BCUT2D eigenvalue weighted by Crippen LogP contribution is 1.80. The van der Waals surface area contributed by atoms with Crippen LogP contribution in [0.1, 0.15) is 6.92 Å². The molecule has 0 aliphatic rings. The molecule has 2 unspecified atom stereocenters. The van der Waals surface area contributed by atoms with Crippen LogP contribution in [-0.4, -0.2) is 45.9 Å². The molecule has 3 N–H and O–H groups in total. The molecule has 0 aliphatic carbocycles. The van der Waals surface area contributed by atoms with Gasteiger partial charge in [0.2, 0.25) is 0 Å². The van der Waals surface area contributed by atoms with Gasteiger partial charge in [0, 0.05) is 29.4 Å². The monoisotopic (exact) mass is 222 g/mol. The third-order valence-corrected chi connectivity index (χ3v) is 2.17. The molecule has 0 heterocycles. The molecule has 0 radical (unpaired) electrons. The summed E-state index contributed by atoms with van der Waals surface area (Å²) in [5.74, 6) is -0.742. The predicted octanol–water partition coefficient (Wildman–Crippen LogP) is -0.863. The number of hydrogen-bond acceptors (Lipinski definition) is 3. The summed E-state index contributed by atoms with van der Waals surface area (Å²) in [5, 5.41) is 13.1. The van der Waals surface area contributed by atoms with Gasteiger partial charge in [-0.1, -0.05) is 0 Å². The van der Waals surface area contributed by atoms with Gasteiger partial charge in [-0.15, -0.1) is 0 Å². The summed E-state index contributed by atoms with van der Waals surface area (Å²) >= 11 is 0. The first-order valence-corrected chi connectivity index (χ1v) is 5.73. The Kier molecular flexibility index (Phi) is 5.86. The van der Waals surface area contributed by atoms with Crippen molar-refractivity contribution in [2.75, 3.05) is 18.6 Å². The van der Waals surface area contributed by atoms with Crippen LogP contribution < -0.4 is 10.6 Å². The van der Waals surface area contributed by atoms with Gasteiger partial charge in [0.15, 0.2) is 0 Å². The van der Waals surface area contributed by atoms with E-state index in [0.717, 1.165) is 0 Å². The molecule has 0 saturated heterocycles. The van der Waals surface area contributed by atoms with E-state index in [0.29, 0.717) is 5.75 Å². The summed E-state index contributed by atoms with van der Waals surface area (Å²) in [6, 6.07) is -1.49. The molecule has 2 amide bonds. The fraction of sp³-hybridized carbons (Fsp3) is 0.714. The van der Waals surface area contributed by atoms with Crippen molar-refractivity contribution in [1.82, 2.24) is 10.6 Å². The number of carboxylic acid groups (broad SMARTS) is 1. The Bertz CT molecular complexity index is 244. The third kappa shape index (κ3) is 6.41. The maximum atomic E-state index is 11.0. The van der Waals surface area contributed by atoms with E-state index in [9.17, 15) is 13.8 Å². The third-order valence-electron chi connectivity index (χ3n) is 1.39. The second-order valence-corrected chi connectivity index (χ2v) is 4.29. The molecule has 7 heteroatoms. The number of urea groups is 1. The van der Waals surface area contributed by atoms with Crippen LogP contribution >= 0.6 is 0 Å². The van der Waals surface area contributed by atoms with Crippen molar-refractivity contribution < 1.29 is 18.9 Å². The standard InChI is InChI=1S/C7H14N2O4S/c1-5(6(10)11)9-7(12)8-3-4-14(2)13/h5H,3-4H2,1-2H3,(H,10,11)(H2,8,9,12). The molecular formula is C7H14N2O4S. The van der Waals surface area contributed by atoms with E-state index in [2.05, 4.69) is 10.6 Å². The molecule has 6 nitrogen and oxygen atoms in total. The predicted molar refractivity (Wildman–Crippen MR) is 52.6 cm³/mol. The van der Waals surface area contributed by atoms with Gasteiger partial charge >= 0.3 is 12.0 Å². The minimum atomic E-state index is -1.10. The van der Waals surface area contributed by atoms with E-state index in [-0.39, 0.29) is 6.54 Å². The van der Waals surface area contributed by atoms with Gasteiger partial charge < -0.3 is 15.7 Å². The summed E-state index contributed by atoms with van der Waals surface area (Å²) < 4.78 is 10.6. The first kappa shape index (κ1) is 12.9. The summed E-state index contributed by atoms with van der Waals surface area (Å²) in [7, 11) is -0.962. The Balaban J connectivity index is 3.65. The zero-order valence-electron chi connectivity index (χ0n) is 8.07. The van der Waals surface area contributed by atoms with Gasteiger partial charge in [-0.05, 0) is 6.92 Å². The summed E-state index contributed by atoms with van der Waals surface area (Å²) in [6.45, 7) is 1.63. The fourth-order valence-corrected chi connectivity index (χ4v) is 1.01. The Hall–Kier alpha value is -1.11. The second kappa shape index (κ2) is 6.36. The van der Waals surface area contributed by atoms with Crippen molar-refractivity contribution in [2.45, 2.75) is 13.0 Å². The van der Waals surface area contributed by atoms with Crippen LogP contribution in [0, 0.1) is 0 Å². The summed E-state index contributed by atoms with van der Waals surface area (Å²) in [6.07, 6.45) is 1.53. The van der Waals surface area contributed by atoms with Crippen molar-refractivity contribution in [3.8, 4) is 0 Å². The van der Waals surface area contributed by atoms with E-state index in [1.165, 1.54) is 13.2 Å². The van der Waals surface area contributed by atoms with Gasteiger partial charge in [-0.2, -0.15) is 0 Å². The number of carboxylic acids is 1. The Morgan fingerprint density at radius 2 is 2.07 bits per heavy atom. The first-order valence-electron chi connectivity index (χ1n) is 4.00. The van der Waals surface area contributed by atoms with Crippen LogP contribution in [-0.2, 0) is 15.6 Å². The second-order valence-electron chi connectivity index (χ2n) is 2.74. The van der Waals surface area contributed by atoms with E-state index < -0.39 is 28.8 Å². The number of amides is 2. The zero-order chi connectivity index (χ0) is 11.1. The molecular weight excluding hydrogens is 208 g/mol. The molecule has 0 bridgehead atoms. The summed E-state index contributed by atoms with van der Waals surface area (Å²) in [4.78, 5) is 21.3. The largest absolute Gasteiger partial charge is 0.480 e. The molecule has 2 atom stereocenters. The highest BCUT2D eigenvalue weighted by atomic mass is 32.2. The minimum absolute atomic E-state index is 0.265. The van der Waals surface area contributed by atoms with Crippen LogP contribution in [0.4, 0.5) is 4.79 Å². The minimum Gasteiger partial charge on any atom is -0.480 e. The van der Waals surface area contributed by atoms with Gasteiger partial charge in [0.05, 0.1) is 0 Å². The Morgan fingerprint density at radius 1 is 1.50 bits per heavy atom. The van der Waals surface area contributed by atoms with E-state index in [1.807, 2.05) is 0 Å². The molecule has 0 aromatic rings. The Morgan fingerprint density at radius 3 is 2.50 bits per heavy atom. The lowest BCUT2D eigenvalue weighted by Gasteiger charge is -2.09. The number of aliphatic carboxylic acids is 1. The highest BCUT2D eigenvalue weighted by Gasteiger charge is 2.12. The van der Waals surface area contributed by atoms with Gasteiger partial charge in [0.1, 0.15) is 6.04 Å². The lowest BCUT2D eigenvalue weighted by atomic mass is 10.3. The lowest BCUT2D eigenvalue weighted by Crippen LogP contribution is -2.45.